The normalized spacial score (nSPS) is 12.9. The SMILES string of the molecule is C=CCN(C(=O)C(NC(=O)OC(C)(C)C)C(C)C)C(C(=O)Nc1ccc2ccccc2c1)c1ccc(CC)cc1. The average molecular weight is 544 g/mol. The average Bonchev–Trinajstić information content (AvgIpc) is 2.90. The van der Waals surface area contributed by atoms with Crippen LogP contribution in [0.5, 0.6) is 0 Å². The lowest BCUT2D eigenvalue weighted by atomic mass is 9.97. The van der Waals surface area contributed by atoms with Gasteiger partial charge in [0.2, 0.25) is 5.91 Å². The van der Waals surface area contributed by atoms with Crippen LogP contribution < -0.4 is 10.6 Å². The number of rotatable bonds is 10. The van der Waals surface area contributed by atoms with Crippen molar-refractivity contribution >= 4 is 34.4 Å². The summed E-state index contributed by atoms with van der Waals surface area (Å²) >= 11 is 0. The van der Waals surface area contributed by atoms with E-state index in [0.29, 0.717) is 11.3 Å². The molecule has 3 aromatic carbocycles. The van der Waals surface area contributed by atoms with Crippen molar-refractivity contribution in [3.8, 4) is 0 Å². The number of aryl methyl sites for hydroxylation is 1. The molecule has 7 heteroatoms. The molecule has 0 spiro atoms. The topological polar surface area (TPSA) is 87.7 Å². The molecule has 0 aliphatic carbocycles. The van der Waals surface area contributed by atoms with Gasteiger partial charge in [-0.15, -0.1) is 6.58 Å². The van der Waals surface area contributed by atoms with Gasteiger partial charge in [-0.1, -0.05) is 81.4 Å². The van der Waals surface area contributed by atoms with Gasteiger partial charge in [0.1, 0.15) is 17.7 Å². The van der Waals surface area contributed by atoms with Gasteiger partial charge in [-0.3, -0.25) is 9.59 Å². The zero-order chi connectivity index (χ0) is 29.4. The van der Waals surface area contributed by atoms with Crippen LogP contribution in [0.3, 0.4) is 0 Å². The van der Waals surface area contributed by atoms with E-state index in [9.17, 15) is 14.4 Å². The molecule has 0 heterocycles. The number of ether oxygens (including phenoxy) is 1. The molecule has 0 bridgehead atoms. The van der Waals surface area contributed by atoms with Crippen molar-refractivity contribution in [3.63, 3.8) is 0 Å². The summed E-state index contributed by atoms with van der Waals surface area (Å²) in [7, 11) is 0. The summed E-state index contributed by atoms with van der Waals surface area (Å²) in [5, 5.41) is 7.79. The first-order valence-corrected chi connectivity index (χ1v) is 13.7. The standard InChI is InChI=1S/C33H41N3O4/c1-8-20-36(31(38)28(22(3)4)35-32(39)40-33(5,6)7)29(25-16-14-23(9-2)15-17-25)30(37)34-27-19-18-24-12-10-11-13-26(24)21-27/h8,10-19,21-22,28-29H,1,9,20H2,2-7H3,(H,34,37)(H,35,39). The largest absolute Gasteiger partial charge is 0.444 e. The molecule has 0 aromatic heterocycles. The molecule has 2 N–H and O–H groups in total. The third kappa shape index (κ3) is 7.94. The molecule has 3 aromatic rings. The van der Waals surface area contributed by atoms with Crippen LogP contribution >= 0.6 is 0 Å². The Hall–Kier alpha value is -4.13. The van der Waals surface area contributed by atoms with Crippen molar-refractivity contribution in [3.05, 3.63) is 90.5 Å². The van der Waals surface area contributed by atoms with E-state index in [-0.39, 0.29) is 18.4 Å². The predicted molar refractivity (Wildman–Crippen MR) is 161 cm³/mol. The number of benzene rings is 3. The van der Waals surface area contributed by atoms with Gasteiger partial charge >= 0.3 is 6.09 Å². The molecule has 0 fully saturated rings. The highest BCUT2D eigenvalue weighted by molar-refractivity contribution is 6.00. The van der Waals surface area contributed by atoms with Crippen molar-refractivity contribution in [2.24, 2.45) is 5.92 Å². The van der Waals surface area contributed by atoms with Crippen LogP contribution in [0.4, 0.5) is 10.5 Å². The van der Waals surface area contributed by atoms with Gasteiger partial charge in [0.05, 0.1) is 0 Å². The Kier molecular flexibility index (Phi) is 10.1. The lowest BCUT2D eigenvalue weighted by molar-refractivity contribution is -0.141. The second-order valence-electron chi connectivity index (χ2n) is 11.2. The second kappa shape index (κ2) is 13.3. The second-order valence-corrected chi connectivity index (χ2v) is 11.2. The minimum Gasteiger partial charge on any atom is -0.444 e. The monoisotopic (exact) mass is 543 g/mol. The van der Waals surface area contributed by atoms with E-state index >= 15 is 0 Å². The molecular weight excluding hydrogens is 502 g/mol. The van der Waals surface area contributed by atoms with Gasteiger partial charge in [-0.25, -0.2) is 4.79 Å². The number of nitrogens with one attached hydrogen (secondary N) is 2. The summed E-state index contributed by atoms with van der Waals surface area (Å²) in [5.41, 5.74) is 1.67. The first-order valence-electron chi connectivity index (χ1n) is 13.7. The predicted octanol–water partition coefficient (Wildman–Crippen LogP) is 6.65. The smallest absolute Gasteiger partial charge is 0.408 e. The van der Waals surface area contributed by atoms with E-state index in [2.05, 4.69) is 24.1 Å². The van der Waals surface area contributed by atoms with Gasteiger partial charge in [-0.2, -0.15) is 0 Å². The van der Waals surface area contributed by atoms with Gasteiger partial charge in [-0.05, 0) is 67.1 Å². The molecule has 0 radical (unpaired) electrons. The molecule has 7 nitrogen and oxygen atoms in total. The third-order valence-electron chi connectivity index (χ3n) is 6.49. The van der Waals surface area contributed by atoms with Crippen LogP contribution in [-0.4, -0.2) is 41.0 Å². The fraction of sp³-hybridized carbons (Fsp3) is 0.364. The number of alkyl carbamates (subject to hydrolysis) is 1. The number of carbonyl (C=O) groups excluding carboxylic acids is 3. The molecule has 0 aliphatic heterocycles. The van der Waals surface area contributed by atoms with Crippen molar-refractivity contribution in [2.75, 3.05) is 11.9 Å². The highest BCUT2D eigenvalue weighted by atomic mass is 16.6. The Morgan fingerprint density at radius 2 is 1.62 bits per heavy atom. The zero-order valence-corrected chi connectivity index (χ0v) is 24.4. The molecule has 2 unspecified atom stereocenters. The Bertz CT molecular complexity index is 1340. The highest BCUT2D eigenvalue weighted by Gasteiger charge is 2.37. The number of amides is 3. The van der Waals surface area contributed by atoms with Gasteiger partial charge < -0.3 is 20.3 Å². The van der Waals surface area contributed by atoms with Crippen LogP contribution in [0.1, 0.15) is 58.7 Å². The van der Waals surface area contributed by atoms with Gasteiger partial charge in [0.15, 0.2) is 0 Å². The fourth-order valence-corrected chi connectivity index (χ4v) is 4.47. The molecule has 0 aliphatic rings. The Labute approximate surface area is 237 Å². The number of nitrogens with zero attached hydrogens (tertiary/aromatic N) is 1. The lowest BCUT2D eigenvalue weighted by Crippen LogP contribution is -2.54. The van der Waals surface area contributed by atoms with Crippen molar-refractivity contribution < 1.29 is 19.1 Å². The summed E-state index contributed by atoms with van der Waals surface area (Å²) in [5.74, 6) is -1.03. The van der Waals surface area contributed by atoms with E-state index < -0.39 is 29.7 Å². The van der Waals surface area contributed by atoms with E-state index in [4.69, 9.17) is 4.74 Å². The van der Waals surface area contributed by atoms with E-state index in [1.54, 1.807) is 26.8 Å². The molecule has 0 saturated heterocycles. The van der Waals surface area contributed by atoms with Gasteiger partial charge in [0, 0.05) is 12.2 Å². The van der Waals surface area contributed by atoms with Crippen molar-refractivity contribution in [1.82, 2.24) is 10.2 Å². The maximum Gasteiger partial charge on any atom is 0.408 e. The number of hydrogen-bond donors (Lipinski definition) is 2. The molecule has 2 atom stereocenters. The maximum atomic E-state index is 14.1. The van der Waals surface area contributed by atoms with E-state index in [1.807, 2.05) is 80.6 Å². The highest BCUT2D eigenvalue weighted by Crippen LogP contribution is 2.27. The number of carbonyl (C=O) groups is 3. The quantitative estimate of drug-likeness (QED) is 0.281. The molecule has 212 valence electrons. The molecule has 0 saturated carbocycles. The van der Waals surface area contributed by atoms with E-state index in [0.717, 1.165) is 22.8 Å². The van der Waals surface area contributed by atoms with Crippen LogP contribution in [0.25, 0.3) is 10.8 Å². The molecule has 40 heavy (non-hydrogen) atoms. The van der Waals surface area contributed by atoms with Crippen LogP contribution in [0, 0.1) is 5.92 Å². The minimum atomic E-state index is -0.968. The first-order chi connectivity index (χ1) is 18.9. The molecule has 3 amide bonds. The molecule has 3 rings (SSSR count). The third-order valence-corrected chi connectivity index (χ3v) is 6.49. The summed E-state index contributed by atoms with van der Waals surface area (Å²) in [6.45, 7) is 15.0. The Morgan fingerprint density at radius 1 is 0.975 bits per heavy atom. The summed E-state index contributed by atoms with van der Waals surface area (Å²) in [6, 6.07) is 19.4. The number of hydrogen-bond acceptors (Lipinski definition) is 4. The minimum absolute atomic E-state index is 0.101. The Morgan fingerprint density at radius 3 is 2.20 bits per heavy atom. The summed E-state index contributed by atoms with van der Waals surface area (Å²) in [4.78, 5) is 42.2. The van der Waals surface area contributed by atoms with Crippen molar-refractivity contribution in [2.45, 2.75) is 65.6 Å². The number of fused-ring (bicyclic) bond motifs is 1. The lowest BCUT2D eigenvalue weighted by Gasteiger charge is -2.35. The van der Waals surface area contributed by atoms with Gasteiger partial charge in [0.25, 0.3) is 5.91 Å². The number of anilines is 1. The molecular formula is C33H41N3O4. The fourth-order valence-electron chi connectivity index (χ4n) is 4.47. The van der Waals surface area contributed by atoms with Crippen LogP contribution in [-0.2, 0) is 20.7 Å². The van der Waals surface area contributed by atoms with Crippen LogP contribution in [0.15, 0.2) is 79.4 Å². The Balaban J connectivity index is 2.00. The zero-order valence-electron chi connectivity index (χ0n) is 24.4. The first kappa shape index (κ1) is 30.4. The van der Waals surface area contributed by atoms with E-state index in [1.165, 1.54) is 4.90 Å². The maximum absolute atomic E-state index is 14.1. The van der Waals surface area contributed by atoms with Crippen molar-refractivity contribution in [1.29, 1.82) is 0 Å². The van der Waals surface area contributed by atoms with Crippen LogP contribution in [0.2, 0.25) is 0 Å². The summed E-state index contributed by atoms with van der Waals surface area (Å²) in [6.07, 6.45) is 1.74. The summed E-state index contributed by atoms with van der Waals surface area (Å²) < 4.78 is 5.42.